The standard InChI is InChI=1S/C14H19NO4/c1-6-7-11(4)12(16)15(5)14(9-19-14)8-18-13(17)10(2)3/h6H,1-2,4,7-9H2,3,5H3. The maximum Gasteiger partial charge on any atom is 0.333 e. The Hall–Kier alpha value is -1.88. The summed E-state index contributed by atoms with van der Waals surface area (Å²) in [7, 11) is 1.60. The SMILES string of the molecule is C=CCC(=C)C(=O)N(C)C1(COC(=O)C(=C)C)CO1. The van der Waals surface area contributed by atoms with Gasteiger partial charge in [0.05, 0.1) is 0 Å². The summed E-state index contributed by atoms with van der Waals surface area (Å²) in [6, 6.07) is 0. The number of amides is 1. The van der Waals surface area contributed by atoms with Crippen LogP contribution in [0.15, 0.2) is 37.0 Å². The van der Waals surface area contributed by atoms with Crippen molar-refractivity contribution in [1.82, 2.24) is 4.90 Å². The number of likely N-dealkylation sites (N-methyl/N-ethyl adjacent to an activating group) is 1. The van der Waals surface area contributed by atoms with Gasteiger partial charge in [-0.1, -0.05) is 19.2 Å². The minimum absolute atomic E-state index is 0.0116. The highest BCUT2D eigenvalue weighted by molar-refractivity contribution is 5.93. The molecule has 19 heavy (non-hydrogen) atoms. The molecular formula is C14H19NO4. The fourth-order valence-electron chi connectivity index (χ4n) is 1.44. The Balaban J connectivity index is 2.60. The second-order valence-corrected chi connectivity index (χ2v) is 4.55. The van der Waals surface area contributed by atoms with Crippen molar-refractivity contribution < 1.29 is 19.1 Å². The van der Waals surface area contributed by atoms with Gasteiger partial charge < -0.3 is 14.4 Å². The molecule has 0 N–H and O–H groups in total. The molecule has 1 aliphatic heterocycles. The number of epoxide rings is 1. The summed E-state index contributed by atoms with van der Waals surface area (Å²) >= 11 is 0. The summed E-state index contributed by atoms with van der Waals surface area (Å²) in [5.41, 5.74) is -0.147. The molecule has 1 saturated heterocycles. The summed E-state index contributed by atoms with van der Waals surface area (Å²) < 4.78 is 10.3. The Morgan fingerprint density at radius 1 is 1.47 bits per heavy atom. The van der Waals surface area contributed by atoms with E-state index in [1.807, 2.05) is 0 Å². The minimum atomic E-state index is -0.869. The molecule has 0 bridgehead atoms. The second kappa shape index (κ2) is 5.84. The van der Waals surface area contributed by atoms with Crippen molar-refractivity contribution in [3.8, 4) is 0 Å². The van der Waals surface area contributed by atoms with Crippen LogP contribution in [0.25, 0.3) is 0 Å². The van der Waals surface area contributed by atoms with Crippen molar-refractivity contribution >= 4 is 11.9 Å². The van der Waals surface area contributed by atoms with Gasteiger partial charge in [-0.05, 0) is 13.3 Å². The van der Waals surface area contributed by atoms with Gasteiger partial charge in [-0.15, -0.1) is 6.58 Å². The highest BCUT2D eigenvalue weighted by Gasteiger charge is 2.52. The summed E-state index contributed by atoms with van der Waals surface area (Å²) in [6.45, 7) is 12.6. The molecule has 0 aromatic carbocycles. The fraction of sp³-hybridized carbons (Fsp3) is 0.429. The van der Waals surface area contributed by atoms with Gasteiger partial charge in [0, 0.05) is 18.2 Å². The molecule has 1 aliphatic rings. The van der Waals surface area contributed by atoms with Gasteiger partial charge in [0.25, 0.3) is 5.91 Å². The molecule has 5 nitrogen and oxygen atoms in total. The molecule has 0 saturated carbocycles. The van der Waals surface area contributed by atoms with Gasteiger partial charge in [-0.3, -0.25) is 4.79 Å². The maximum absolute atomic E-state index is 12.0. The van der Waals surface area contributed by atoms with Gasteiger partial charge >= 0.3 is 5.97 Å². The lowest BCUT2D eigenvalue weighted by Gasteiger charge is -2.25. The molecule has 1 atom stereocenters. The van der Waals surface area contributed by atoms with Gasteiger partial charge in [0.15, 0.2) is 0 Å². The average Bonchev–Trinajstić information content (AvgIpc) is 3.15. The molecular weight excluding hydrogens is 246 g/mol. The smallest absolute Gasteiger partial charge is 0.333 e. The maximum atomic E-state index is 12.0. The van der Waals surface area contributed by atoms with Crippen LogP contribution in [0.5, 0.6) is 0 Å². The summed E-state index contributed by atoms with van der Waals surface area (Å²) in [5, 5.41) is 0. The van der Waals surface area contributed by atoms with E-state index in [0.29, 0.717) is 24.2 Å². The third-order valence-corrected chi connectivity index (χ3v) is 2.86. The topological polar surface area (TPSA) is 59.1 Å². The normalized spacial score (nSPS) is 20.3. The Labute approximate surface area is 113 Å². The number of rotatable bonds is 7. The number of carbonyl (C=O) groups is 2. The molecule has 1 unspecified atom stereocenters. The van der Waals surface area contributed by atoms with Crippen molar-refractivity contribution in [3.05, 3.63) is 37.0 Å². The number of hydrogen-bond donors (Lipinski definition) is 0. The summed E-state index contributed by atoms with van der Waals surface area (Å²) in [5.74, 6) is -0.746. The largest absolute Gasteiger partial charge is 0.457 e. The zero-order valence-electron chi connectivity index (χ0n) is 11.4. The Morgan fingerprint density at radius 2 is 2.05 bits per heavy atom. The fourth-order valence-corrected chi connectivity index (χ4v) is 1.44. The van der Waals surface area contributed by atoms with Crippen LogP contribution in [-0.2, 0) is 19.1 Å². The lowest BCUT2D eigenvalue weighted by molar-refractivity contribution is -0.147. The third kappa shape index (κ3) is 3.54. The van der Waals surface area contributed by atoms with E-state index in [2.05, 4.69) is 19.7 Å². The molecule has 0 spiro atoms. The van der Waals surface area contributed by atoms with Crippen molar-refractivity contribution in [2.75, 3.05) is 20.3 Å². The number of esters is 1. The second-order valence-electron chi connectivity index (χ2n) is 4.55. The number of hydrogen-bond acceptors (Lipinski definition) is 4. The lowest BCUT2D eigenvalue weighted by atomic mass is 10.1. The van der Waals surface area contributed by atoms with E-state index in [9.17, 15) is 9.59 Å². The first-order chi connectivity index (χ1) is 8.84. The molecule has 1 heterocycles. The average molecular weight is 265 g/mol. The molecule has 104 valence electrons. The van der Waals surface area contributed by atoms with E-state index in [-0.39, 0.29) is 12.5 Å². The molecule has 0 aromatic rings. The van der Waals surface area contributed by atoms with E-state index < -0.39 is 11.7 Å². The predicted molar refractivity (Wildman–Crippen MR) is 71.2 cm³/mol. The quantitative estimate of drug-likeness (QED) is 0.302. The Morgan fingerprint density at radius 3 is 2.47 bits per heavy atom. The highest BCUT2D eigenvalue weighted by Crippen LogP contribution is 2.32. The molecule has 1 fully saturated rings. The minimum Gasteiger partial charge on any atom is -0.457 e. The number of allylic oxidation sites excluding steroid dienone is 1. The molecule has 0 radical (unpaired) electrons. The van der Waals surface area contributed by atoms with Crippen molar-refractivity contribution in [3.63, 3.8) is 0 Å². The van der Waals surface area contributed by atoms with Crippen LogP contribution < -0.4 is 0 Å². The first-order valence-corrected chi connectivity index (χ1v) is 5.87. The van der Waals surface area contributed by atoms with Crippen LogP contribution in [0.2, 0.25) is 0 Å². The van der Waals surface area contributed by atoms with Crippen LogP contribution in [-0.4, -0.2) is 42.8 Å². The first kappa shape index (κ1) is 15.2. The summed E-state index contributed by atoms with van der Waals surface area (Å²) in [4.78, 5) is 24.8. The van der Waals surface area contributed by atoms with Crippen LogP contribution in [0, 0.1) is 0 Å². The molecule has 0 aromatic heterocycles. The predicted octanol–water partition coefficient (Wildman–Crippen LogP) is 1.42. The highest BCUT2D eigenvalue weighted by atomic mass is 16.6. The molecule has 5 heteroatoms. The summed E-state index contributed by atoms with van der Waals surface area (Å²) in [6.07, 6.45) is 2.01. The Kier molecular flexibility index (Phi) is 4.67. The van der Waals surface area contributed by atoms with Crippen LogP contribution in [0.4, 0.5) is 0 Å². The zero-order chi connectivity index (χ0) is 14.6. The van der Waals surface area contributed by atoms with Gasteiger partial charge in [0.1, 0.15) is 13.2 Å². The number of ether oxygens (including phenoxy) is 2. The zero-order valence-corrected chi connectivity index (χ0v) is 11.4. The molecule has 1 rings (SSSR count). The van der Waals surface area contributed by atoms with Crippen molar-refractivity contribution in [1.29, 1.82) is 0 Å². The van der Waals surface area contributed by atoms with Crippen LogP contribution in [0.1, 0.15) is 13.3 Å². The molecule has 0 aliphatic carbocycles. The van der Waals surface area contributed by atoms with Crippen LogP contribution in [0.3, 0.4) is 0 Å². The monoisotopic (exact) mass is 265 g/mol. The lowest BCUT2D eigenvalue weighted by Crippen LogP contribution is -2.44. The van der Waals surface area contributed by atoms with Crippen molar-refractivity contribution in [2.24, 2.45) is 0 Å². The third-order valence-electron chi connectivity index (χ3n) is 2.86. The van der Waals surface area contributed by atoms with Gasteiger partial charge in [-0.25, -0.2) is 4.79 Å². The number of nitrogens with zero attached hydrogens (tertiary/aromatic N) is 1. The first-order valence-electron chi connectivity index (χ1n) is 5.87. The van der Waals surface area contributed by atoms with Gasteiger partial charge in [0.2, 0.25) is 5.72 Å². The van der Waals surface area contributed by atoms with E-state index in [1.165, 1.54) is 4.90 Å². The Bertz CT molecular complexity index is 435. The number of carbonyl (C=O) groups excluding carboxylic acids is 2. The molecule has 1 amide bonds. The van der Waals surface area contributed by atoms with E-state index >= 15 is 0 Å². The van der Waals surface area contributed by atoms with Crippen LogP contribution >= 0.6 is 0 Å². The van der Waals surface area contributed by atoms with Crippen molar-refractivity contribution in [2.45, 2.75) is 19.1 Å². The van der Waals surface area contributed by atoms with E-state index in [4.69, 9.17) is 9.47 Å². The van der Waals surface area contributed by atoms with E-state index in [1.54, 1.807) is 20.0 Å². The van der Waals surface area contributed by atoms with E-state index in [0.717, 1.165) is 0 Å². The van der Waals surface area contributed by atoms with Gasteiger partial charge in [-0.2, -0.15) is 0 Å².